The summed E-state index contributed by atoms with van der Waals surface area (Å²) in [6.07, 6.45) is 4.63. The first-order valence-corrected chi connectivity index (χ1v) is 11.0. The van der Waals surface area contributed by atoms with Gasteiger partial charge in [0.2, 0.25) is 0 Å². The maximum atomic E-state index is 13.3. The van der Waals surface area contributed by atoms with E-state index in [9.17, 15) is 8.42 Å². The summed E-state index contributed by atoms with van der Waals surface area (Å²) in [6, 6.07) is 22.1. The van der Waals surface area contributed by atoms with E-state index in [-0.39, 0.29) is 4.90 Å². The van der Waals surface area contributed by atoms with E-state index in [0.717, 1.165) is 40.1 Å². The minimum absolute atomic E-state index is 0.228. The van der Waals surface area contributed by atoms with Gasteiger partial charge in [-0.05, 0) is 51.5 Å². The van der Waals surface area contributed by atoms with Crippen molar-refractivity contribution in [2.45, 2.75) is 37.1 Å². The van der Waals surface area contributed by atoms with Gasteiger partial charge in [-0.2, -0.15) is 0 Å². The Labute approximate surface area is 166 Å². The highest BCUT2D eigenvalue weighted by Gasteiger charge is 2.38. The Kier molecular flexibility index (Phi) is 5.20. The van der Waals surface area contributed by atoms with Crippen LogP contribution >= 0.6 is 0 Å². The highest BCUT2D eigenvalue weighted by Crippen LogP contribution is 2.38. The molecule has 0 fully saturated rings. The molecule has 0 spiro atoms. The van der Waals surface area contributed by atoms with Crippen molar-refractivity contribution in [2.24, 2.45) is 0 Å². The maximum absolute atomic E-state index is 13.3. The fourth-order valence-electron chi connectivity index (χ4n) is 3.42. The summed E-state index contributed by atoms with van der Waals surface area (Å²) in [5.41, 5.74) is 0.893. The first kappa shape index (κ1) is 18.7. The summed E-state index contributed by atoms with van der Waals surface area (Å²) in [7, 11) is -3.79. The highest BCUT2D eigenvalue weighted by molar-refractivity contribution is 7.89. The molecule has 1 heterocycles. The van der Waals surface area contributed by atoms with Crippen molar-refractivity contribution in [3.05, 3.63) is 90.2 Å². The van der Waals surface area contributed by atoms with E-state index in [0.29, 0.717) is 5.76 Å². The summed E-state index contributed by atoms with van der Waals surface area (Å²) in [5, 5.41) is 2.20. The molecule has 28 heavy (non-hydrogen) atoms. The molecule has 144 valence electrons. The Morgan fingerprint density at radius 3 is 2.39 bits per heavy atom. The van der Waals surface area contributed by atoms with Crippen LogP contribution in [0.5, 0.6) is 0 Å². The van der Waals surface area contributed by atoms with Crippen LogP contribution in [0.2, 0.25) is 0 Å². The van der Waals surface area contributed by atoms with Gasteiger partial charge in [0.25, 0.3) is 10.0 Å². The van der Waals surface area contributed by atoms with Gasteiger partial charge in [-0.15, -0.1) is 0 Å². The van der Waals surface area contributed by atoms with Gasteiger partial charge < -0.3 is 4.84 Å². The molecule has 3 aromatic carbocycles. The van der Waals surface area contributed by atoms with E-state index in [2.05, 4.69) is 6.92 Å². The second-order valence-electron chi connectivity index (χ2n) is 6.95. The standard InChI is InChI=1S/C23H23NO3S/c1-2-3-11-21-17-23(20-15-14-18-9-7-8-10-19(18)16-20)24(27-21)28(25,26)22-12-5-4-6-13-22/h4-10,12-17,23H,2-3,11H2,1H3. The molecule has 0 bridgehead atoms. The van der Waals surface area contributed by atoms with Gasteiger partial charge in [-0.3, -0.25) is 0 Å². The zero-order valence-electron chi connectivity index (χ0n) is 15.8. The largest absolute Gasteiger partial charge is 0.395 e. The van der Waals surface area contributed by atoms with Crippen molar-refractivity contribution in [1.29, 1.82) is 0 Å². The lowest BCUT2D eigenvalue weighted by molar-refractivity contribution is -0.0354. The molecular formula is C23H23NO3S. The fourth-order valence-corrected chi connectivity index (χ4v) is 4.81. The quantitative estimate of drug-likeness (QED) is 0.548. The Balaban J connectivity index is 1.76. The smallest absolute Gasteiger partial charge is 0.274 e. The van der Waals surface area contributed by atoms with Crippen molar-refractivity contribution in [3.8, 4) is 0 Å². The van der Waals surface area contributed by atoms with E-state index in [1.54, 1.807) is 30.3 Å². The summed E-state index contributed by atoms with van der Waals surface area (Å²) in [6.45, 7) is 2.11. The molecule has 0 radical (unpaired) electrons. The molecule has 4 rings (SSSR count). The second kappa shape index (κ2) is 7.78. The summed E-state index contributed by atoms with van der Waals surface area (Å²) in [4.78, 5) is 6.10. The zero-order valence-corrected chi connectivity index (χ0v) is 16.6. The Morgan fingerprint density at radius 1 is 0.929 bits per heavy atom. The maximum Gasteiger partial charge on any atom is 0.274 e. The van der Waals surface area contributed by atoms with Crippen LogP contribution in [0.4, 0.5) is 0 Å². The monoisotopic (exact) mass is 393 g/mol. The van der Waals surface area contributed by atoms with E-state index in [4.69, 9.17) is 4.84 Å². The topological polar surface area (TPSA) is 46.6 Å². The molecule has 0 saturated heterocycles. The zero-order chi connectivity index (χ0) is 19.6. The van der Waals surface area contributed by atoms with E-state index in [1.165, 1.54) is 0 Å². The Hall–Kier alpha value is -2.63. The molecule has 1 unspecified atom stereocenters. The summed E-state index contributed by atoms with van der Waals surface area (Å²) >= 11 is 0. The molecule has 0 aromatic heterocycles. The van der Waals surface area contributed by atoms with Crippen molar-refractivity contribution >= 4 is 20.8 Å². The number of nitrogens with zero attached hydrogens (tertiary/aromatic N) is 1. The number of sulfonamides is 1. The van der Waals surface area contributed by atoms with Crippen molar-refractivity contribution in [2.75, 3.05) is 0 Å². The van der Waals surface area contributed by atoms with Gasteiger partial charge in [0.05, 0.1) is 4.90 Å². The van der Waals surface area contributed by atoms with Crippen LogP contribution in [0, 0.1) is 0 Å². The van der Waals surface area contributed by atoms with Gasteiger partial charge in [-0.25, -0.2) is 8.42 Å². The Morgan fingerprint density at radius 2 is 1.64 bits per heavy atom. The number of hydrogen-bond donors (Lipinski definition) is 0. The minimum atomic E-state index is -3.79. The van der Waals surface area contributed by atoms with Crippen molar-refractivity contribution in [1.82, 2.24) is 4.47 Å². The lowest BCUT2D eigenvalue weighted by atomic mass is 10.0. The van der Waals surface area contributed by atoms with Crippen molar-refractivity contribution in [3.63, 3.8) is 0 Å². The number of allylic oxidation sites excluding steroid dienone is 1. The van der Waals surface area contributed by atoms with Crippen LogP contribution in [-0.2, 0) is 14.9 Å². The second-order valence-corrected chi connectivity index (χ2v) is 8.73. The van der Waals surface area contributed by atoms with E-state index in [1.807, 2.05) is 48.5 Å². The molecule has 0 saturated carbocycles. The third-order valence-corrected chi connectivity index (χ3v) is 6.59. The fraction of sp³-hybridized carbons (Fsp3) is 0.217. The molecule has 1 atom stereocenters. The van der Waals surface area contributed by atoms with E-state index < -0.39 is 16.1 Å². The number of benzene rings is 3. The molecule has 0 N–H and O–H groups in total. The molecule has 3 aromatic rings. The van der Waals surface area contributed by atoms with Crippen molar-refractivity contribution < 1.29 is 13.3 Å². The van der Waals surface area contributed by atoms with Gasteiger partial charge in [0.15, 0.2) is 0 Å². The number of unbranched alkanes of at least 4 members (excludes halogenated alkanes) is 1. The highest BCUT2D eigenvalue weighted by atomic mass is 32.2. The number of hydrogen-bond acceptors (Lipinski definition) is 3. The average molecular weight is 394 g/mol. The lowest BCUT2D eigenvalue weighted by Crippen LogP contribution is -2.30. The third kappa shape index (κ3) is 3.55. The predicted molar refractivity (Wildman–Crippen MR) is 111 cm³/mol. The van der Waals surface area contributed by atoms with Crippen LogP contribution in [0.25, 0.3) is 10.8 Å². The molecule has 0 aliphatic carbocycles. The number of fused-ring (bicyclic) bond motifs is 1. The molecule has 5 heteroatoms. The summed E-state index contributed by atoms with van der Waals surface area (Å²) < 4.78 is 27.7. The number of hydroxylamine groups is 1. The molecule has 1 aliphatic heterocycles. The van der Waals surface area contributed by atoms with Gasteiger partial charge in [0, 0.05) is 6.42 Å². The first-order valence-electron chi connectivity index (χ1n) is 9.56. The van der Waals surface area contributed by atoms with Gasteiger partial charge >= 0.3 is 0 Å². The van der Waals surface area contributed by atoms with Crippen LogP contribution in [0.3, 0.4) is 0 Å². The van der Waals surface area contributed by atoms with Gasteiger partial charge in [-0.1, -0.05) is 67.9 Å². The van der Waals surface area contributed by atoms with Gasteiger partial charge in [0.1, 0.15) is 11.8 Å². The van der Waals surface area contributed by atoms with Crippen LogP contribution in [0.15, 0.2) is 89.5 Å². The average Bonchev–Trinajstić information content (AvgIpc) is 3.18. The van der Waals surface area contributed by atoms with Crippen LogP contribution in [-0.4, -0.2) is 12.9 Å². The lowest BCUT2D eigenvalue weighted by Gasteiger charge is -2.23. The Bertz CT molecular complexity index is 1110. The van der Waals surface area contributed by atoms with Crippen LogP contribution in [0.1, 0.15) is 37.8 Å². The molecular weight excluding hydrogens is 370 g/mol. The first-order chi connectivity index (χ1) is 13.6. The van der Waals surface area contributed by atoms with Crippen LogP contribution < -0.4 is 0 Å². The summed E-state index contributed by atoms with van der Waals surface area (Å²) in [5.74, 6) is 0.708. The SMILES string of the molecule is CCCCC1=CC(c2ccc3ccccc3c2)N(S(=O)(=O)c2ccccc2)O1. The molecule has 4 nitrogen and oxygen atoms in total. The normalized spacial score (nSPS) is 17.5. The third-order valence-electron chi connectivity index (χ3n) is 4.95. The molecule has 0 amide bonds. The number of rotatable bonds is 6. The molecule has 1 aliphatic rings. The minimum Gasteiger partial charge on any atom is -0.395 e. The van der Waals surface area contributed by atoms with E-state index >= 15 is 0 Å². The predicted octanol–water partition coefficient (Wildman–Crippen LogP) is 5.59.